The van der Waals surface area contributed by atoms with Gasteiger partial charge in [-0.1, -0.05) is 11.6 Å². The molecule has 0 unspecified atom stereocenters. The minimum Gasteiger partial charge on any atom is -0.464 e. The lowest BCUT2D eigenvalue weighted by Gasteiger charge is -2.33. The van der Waals surface area contributed by atoms with Crippen molar-refractivity contribution in [3.8, 4) is 11.3 Å². The van der Waals surface area contributed by atoms with E-state index in [0.29, 0.717) is 45.4 Å². The van der Waals surface area contributed by atoms with Gasteiger partial charge in [0, 0.05) is 45.5 Å². The van der Waals surface area contributed by atoms with Crippen LogP contribution in [0.25, 0.3) is 22.3 Å². The fraction of sp³-hybridized carbons (Fsp3) is 0.360. The third-order valence-electron chi connectivity index (χ3n) is 7.28. The summed E-state index contributed by atoms with van der Waals surface area (Å²) in [5.74, 6) is 0.767. The number of nitrogens with one attached hydrogen (secondary N) is 2. The molecule has 2 saturated heterocycles. The molecule has 0 radical (unpaired) electrons. The quantitative estimate of drug-likeness (QED) is 0.354. The molecule has 6 rings (SSSR count). The number of carbonyl (C=O) groups is 1. The van der Waals surface area contributed by atoms with Crippen LogP contribution >= 0.6 is 11.6 Å². The molecular weight excluding hydrogens is 508 g/mol. The van der Waals surface area contributed by atoms with Crippen LogP contribution in [0.15, 0.2) is 31.0 Å². The van der Waals surface area contributed by atoms with Crippen LogP contribution in [0.1, 0.15) is 16.9 Å². The number of piperazine rings is 1. The van der Waals surface area contributed by atoms with Gasteiger partial charge < -0.3 is 24.8 Å². The summed E-state index contributed by atoms with van der Waals surface area (Å²) in [4.78, 5) is 40.3. The fourth-order valence-electron chi connectivity index (χ4n) is 5.31. The summed E-state index contributed by atoms with van der Waals surface area (Å²) in [6.45, 7) is 1.91. The van der Waals surface area contributed by atoms with Crippen molar-refractivity contribution in [1.29, 1.82) is 0 Å². The highest BCUT2D eigenvalue weighted by Gasteiger charge is 2.42. The first-order valence-electron chi connectivity index (χ1n) is 12.2. The maximum absolute atomic E-state index is 12.8. The summed E-state index contributed by atoms with van der Waals surface area (Å²) in [6.07, 6.45) is 7.88. The Kier molecular flexibility index (Phi) is 6.00. The lowest BCUT2D eigenvalue weighted by atomic mass is 10.1. The zero-order valence-electron chi connectivity index (χ0n) is 21.4. The number of fused-ring (bicyclic) bond motifs is 3. The number of likely N-dealkylation sites (N-methyl/N-ethyl adjacent to an activating group) is 1. The first kappa shape index (κ1) is 24.3. The van der Waals surface area contributed by atoms with E-state index in [4.69, 9.17) is 16.3 Å². The lowest BCUT2D eigenvalue weighted by molar-refractivity contribution is 0.0595. The summed E-state index contributed by atoms with van der Waals surface area (Å²) in [5.41, 5.74) is 3.16. The third-order valence-corrected chi connectivity index (χ3v) is 7.55. The number of nitrogens with zero attached hydrogens (tertiary/aromatic N) is 8. The van der Waals surface area contributed by atoms with E-state index in [1.807, 2.05) is 11.6 Å². The maximum Gasteiger partial charge on any atom is 0.360 e. The van der Waals surface area contributed by atoms with Gasteiger partial charge in [-0.3, -0.25) is 9.88 Å². The van der Waals surface area contributed by atoms with Crippen LogP contribution in [0.5, 0.6) is 0 Å². The van der Waals surface area contributed by atoms with E-state index in [2.05, 4.69) is 52.4 Å². The first-order valence-corrected chi connectivity index (χ1v) is 12.6. The van der Waals surface area contributed by atoms with Crippen LogP contribution in [0.3, 0.4) is 0 Å². The standard InChI is InChI=1S/C25H27ClN10O2/c1-27-22-20(16-8-28-9-18-19(16)30-12-35(18)3)32-21(25(37)38-4)23(33-22)31-13-5-17(26)24(29-7-13)36-11-14-6-15(36)10-34(14)2/h5,7-9,12,14-15H,6,10-11H2,1-4H3,(H2,27,31,33)/t14-,15-/m1/s1. The number of ether oxygens (including phenoxy) is 1. The molecule has 4 aromatic rings. The largest absolute Gasteiger partial charge is 0.464 e. The molecule has 13 heteroatoms. The summed E-state index contributed by atoms with van der Waals surface area (Å²) in [7, 11) is 7.07. The number of halogens is 1. The van der Waals surface area contributed by atoms with Crippen molar-refractivity contribution >= 4 is 51.7 Å². The first-order chi connectivity index (χ1) is 18.4. The maximum atomic E-state index is 12.8. The number of hydrogen-bond donors (Lipinski definition) is 2. The minimum absolute atomic E-state index is 0.00882. The highest BCUT2D eigenvalue weighted by Crippen LogP contribution is 2.37. The van der Waals surface area contributed by atoms with Crippen LogP contribution in [0.2, 0.25) is 5.02 Å². The molecule has 0 amide bonds. The Balaban J connectivity index is 1.37. The number of hydrogen-bond acceptors (Lipinski definition) is 11. The molecule has 0 saturated carbocycles. The van der Waals surface area contributed by atoms with Crippen LogP contribution in [-0.4, -0.2) is 86.7 Å². The molecular formula is C25H27ClN10O2. The van der Waals surface area contributed by atoms with E-state index in [-0.39, 0.29) is 11.5 Å². The van der Waals surface area contributed by atoms with Gasteiger partial charge in [0.25, 0.3) is 0 Å². The number of likely N-dealkylation sites (tertiary alicyclic amines) is 1. The highest BCUT2D eigenvalue weighted by atomic mass is 35.5. The molecule has 6 heterocycles. The summed E-state index contributed by atoms with van der Waals surface area (Å²) < 4.78 is 6.89. The number of rotatable bonds is 6. The van der Waals surface area contributed by atoms with Gasteiger partial charge in [0.05, 0.1) is 47.6 Å². The third kappa shape index (κ3) is 3.96. The average Bonchev–Trinajstić information content (AvgIpc) is 3.62. The van der Waals surface area contributed by atoms with Crippen LogP contribution in [-0.2, 0) is 11.8 Å². The second kappa shape index (κ2) is 9.37. The van der Waals surface area contributed by atoms with E-state index in [9.17, 15) is 4.79 Å². The molecule has 2 aliphatic rings. The number of methoxy groups -OCH3 is 1. The number of carbonyl (C=O) groups excluding carboxylic acids is 1. The van der Waals surface area contributed by atoms with Crippen molar-refractivity contribution in [2.24, 2.45) is 7.05 Å². The molecule has 0 aromatic carbocycles. The summed E-state index contributed by atoms with van der Waals surface area (Å²) in [6, 6.07) is 2.72. The molecule has 2 fully saturated rings. The van der Waals surface area contributed by atoms with E-state index < -0.39 is 5.97 Å². The van der Waals surface area contributed by atoms with Crippen molar-refractivity contribution in [2.75, 3.05) is 49.8 Å². The van der Waals surface area contributed by atoms with Crippen molar-refractivity contribution in [3.63, 3.8) is 0 Å². The van der Waals surface area contributed by atoms with Gasteiger partial charge in [0.2, 0.25) is 0 Å². The topological polar surface area (TPSA) is 126 Å². The molecule has 38 heavy (non-hydrogen) atoms. The molecule has 2 aliphatic heterocycles. The molecule has 0 spiro atoms. The Hall–Kier alpha value is -4.03. The van der Waals surface area contributed by atoms with Crippen molar-refractivity contribution < 1.29 is 9.53 Å². The molecule has 2 bridgehead atoms. The van der Waals surface area contributed by atoms with Gasteiger partial charge in [-0.2, -0.15) is 0 Å². The van der Waals surface area contributed by atoms with Crippen LogP contribution in [0.4, 0.5) is 23.1 Å². The van der Waals surface area contributed by atoms with Gasteiger partial charge in [-0.05, 0) is 19.5 Å². The number of esters is 1. The van der Waals surface area contributed by atoms with E-state index in [1.165, 1.54) is 7.11 Å². The lowest BCUT2D eigenvalue weighted by Crippen LogP contribution is -2.45. The molecule has 4 aromatic heterocycles. The van der Waals surface area contributed by atoms with Crippen LogP contribution in [0, 0.1) is 0 Å². The highest BCUT2D eigenvalue weighted by molar-refractivity contribution is 6.33. The second-order valence-electron chi connectivity index (χ2n) is 9.56. The predicted octanol–water partition coefficient (Wildman–Crippen LogP) is 2.94. The molecule has 2 N–H and O–H groups in total. The van der Waals surface area contributed by atoms with Gasteiger partial charge >= 0.3 is 5.97 Å². The summed E-state index contributed by atoms with van der Waals surface area (Å²) >= 11 is 6.69. The van der Waals surface area contributed by atoms with Gasteiger partial charge in [-0.15, -0.1) is 0 Å². The molecule has 2 atom stereocenters. The zero-order valence-corrected chi connectivity index (χ0v) is 22.2. The average molecular weight is 535 g/mol. The number of anilines is 4. The van der Waals surface area contributed by atoms with Crippen molar-refractivity contribution in [2.45, 2.75) is 18.5 Å². The van der Waals surface area contributed by atoms with Crippen molar-refractivity contribution in [3.05, 3.63) is 41.7 Å². The van der Waals surface area contributed by atoms with Gasteiger partial charge in [-0.25, -0.2) is 24.7 Å². The van der Waals surface area contributed by atoms with Gasteiger partial charge in [0.1, 0.15) is 17.0 Å². The summed E-state index contributed by atoms with van der Waals surface area (Å²) in [5, 5.41) is 6.75. The number of imidazole rings is 1. The minimum atomic E-state index is -0.641. The Bertz CT molecular complexity index is 1550. The monoisotopic (exact) mass is 534 g/mol. The van der Waals surface area contributed by atoms with Gasteiger partial charge in [0.15, 0.2) is 17.3 Å². The smallest absolute Gasteiger partial charge is 0.360 e. The molecule has 12 nitrogen and oxygen atoms in total. The normalized spacial score (nSPS) is 18.8. The molecule has 196 valence electrons. The van der Waals surface area contributed by atoms with E-state index in [1.54, 1.807) is 38.0 Å². The number of aryl methyl sites for hydroxylation is 1. The number of pyridine rings is 2. The Morgan fingerprint density at radius 2 is 1.95 bits per heavy atom. The molecule has 0 aliphatic carbocycles. The predicted molar refractivity (Wildman–Crippen MR) is 145 cm³/mol. The fourth-order valence-corrected chi connectivity index (χ4v) is 5.59. The Morgan fingerprint density at radius 1 is 1.11 bits per heavy atom. The SMILES string of the molecule is CNc1nc(Nc2cnc(N3C[C@H]4C[C@@H]3CN4C)c(Cl)c2)c(C(=O)OC)nc1-c1cncc2c1ncn2C. The van der Waals surface area contributed by atoms with E-state index in [0.717, 1.165) is 30.8 Å². The number of aromatic nitrogens is 6. The Morgan fingerprint density at radius 3 is 2.63 bits per heavy atom. The van der Waals surface area contributed by atoms with Crippen LogP contribution < -0.4 is 15.5 Å². The Labute approximate surface area is 224 Å². The van der Waals surface area contributed by atoms with Crippen molar-refractivity contribution in [1.82, 2.24) is 34.4 Å². The van der Waals surface area contributed by atoms with E-state index >= 15 is 0 Å². The zero-order chi connectivity index (χ0) is 26.6. The second-order valence-corrected chi connectivity index (χ2v) is 9.97.